The van der Waals surface area contributed by atoms with Crippen molar-refractivity contribution < 1.29 is 48.8 Å². The van der Waals surface area contributed by atoms with Gasteiger partial charge in [-0.15, -0.1) is 0 Å². The van der Waals surface area contributed by atoms with Crippen LogP contribution in [-0.2, 0) is 18.6 Å². The monoisotopic (exact) mass is 348 g/mol. The zero-order valence-electron chi connectivity index (χ0n) is 11.6. The van der Waals surface area contributed by atoms with Crippen LogP contribution in [0, 0.1) is 0 Å². The summed E-state index contributed by atoms with van der Waals surface area (Å²) in [6.45, 7) is -0.759. The van der Waals surface area contributed by atoms with E-state index in [0.717, 1.165) is 0 Å². The number of aliphatic hydroxyl groups is 3. The number of aliphatic carboxylic acids is 1. The fourth-order valence-corrected chi connectivity index (χ4v) is 2.02. The molecule has 2 radical (unpaired) electrons. The SMILES string of the molecule is O=C(O)CC1OC(COP(=O)(O)O)C(O)C(O)C1O.[Na].[Na]. The fourth-order valence-electron chi connectivity index (χ4n) is 1.68. The third-order valence-corrected chi connectivity index (χ3v) is 3.08. The van der Waals surface area contributed by atoms with Gasteiger partial charge in [0.05, 0.1) is 19.1 Å². The average Bonchev–Trinajstić information content (AvgIpc) is 2.26. The molecule has 21 heavy (non-hydrogen) atoms. The maximum atomic E-state index is 10.5. The molecule has 0 spiro atoms. The molecular weight excluding hydrogens is 333 g/mol. The van der Waals surface area contributed by atoms with Gasteiger partial charge in [0.1, 0.15) is 24.4 Å². The largest absolute Gasteiger partial charge is 0.481 e. The quantitative estimate of drug-likeness (QED) is 0.218. The zero-order valence-corrected chi connectivity index (χ0v) is 16.5. The molecule has 0 aromatic carbocycles. The first-order valence-electron chi connectivity index (χ1n) is 5.23. The first kappa shape index (κ1) is 24.7. The van der Waals surface area contributed by atoms with Gasteiger partial charge in [0.25, 0.3) is 0 Å². The molecule has 0 aliphatic carbocycles. The molecule has 10 nitrogen and oxygen atoms in total. The Kier molecular flexibility index (Phi) is 12.1. The maximum absolute atomic E-state index is 10.5. The minimum atomic E-state index is -4.79. The van der Waals surface area contributed by atoms with Gasteiger partial charge >= 0.3 is 13.8 Å². The van der Waals surface area contributed by atoms with Crippen molar-refractivity contribution in [2.75, 3.05) is 6.61 Å². The molecule has 1 aliphatic heterocycles. The molecule has 1 heterocycles. The van der Waals surface area contributed by atoms with Crippen LogP contribution < -0.4 is 0 Å². The van der Waals surface area contributed by atoms with Crippen LogP contribution in [0.15, 0.2) is 0 Å². The summed E-state index contributed by atoms with van der Waals surface area (Å²) >= 11 is 0. The Labute approximate surface area is 164 Å². The molecule has 114 valence electrons. The summed E-state index contributed by atoms with van der Waals surface area (Å²) in [6, 6.07) is 0. The first-order valence-corrected chi connectivity index (χ1v) is 6.76. The number of carboxylic acids is 1. The second-order valence-electron chi connectivity index (χ2n) is 4.07. The third-order valence-electron chi connectivity index (χ3n) is 2.59. The molecule has 5 atom stereocenters. The summed E-state index contributed by atoms with van der Waals surface area (Å²) in [7, 11) is -4.79. The first-order chi connectivity index (χ1) is 8.61. The van der Waals surface area contributed by atoms with Gasteiger partial charge in [-0.1, -0.05) is 0 Å². The second-order valence-corrected chi connectivity index (χ2v) is 5.31. The number of aliphatic hydroxyl groups excluding tert-OH is 3. The van der Waals surface area contributed by atoms with Gasteiger partial charge in [-0.25, -0.2) is 4.57 Å². The summed E-state index contributed by atoms with van der Waals surface area (Å²) in [5.74, 6) is -1.30. The van der Waals surface area contributed by atoms with E-state index < -0.39 is 57.3 Å². The van der Waals surface area contributed by atoms with Gasteiger partial charge in [0, 0.05) is 59.1 Å². The third kappa shape index (κ3) is 8.18. The van der Waals surface area contributed by atoms with Gasteiger partial charge < -0.3 is 34.9 Å². The standard InChI is InChI=1S/C8H15O10P.2Na/c9-5(10)1-3-6(11)8(13)7(12)4(18-3)2-17-19(14,15)16;;/h3-4,6-8,11-13H,1-2H2,(H,9,10)(H2,14,15,16);;. The Bertz CT molecular complexity index is 376. The summed E-state index contributed by atoms with van der Waals surface area (Å²) in [5, 5.41) is 37.1. The van der Waals surface area contributed by atoms with Crippen molar-refractivity contribution in [1.82, 2.24) is 0 Å². The van der Waals surface area contributed by atoms with E-state index in [1.54, 1.807) is 0 Å². The minimum absolute atomic E-state index is 0. The summed E-state index contributed by atoms with van der Waals surface area (Å²) in [4.78, 5) is 27.6. The summed E-state index contributed by atoms with van der Waals surface area (Å²) < 4.78 is 19.6. The summed E-state index contributed by atoms with van der Waals surface area (Å²) in [6.07, 6.45) is -8.32. The molecule has 1 aliphatic rings. The Balaban J connectivity index is 0. The van der Waals surface area contributed by atoms with Crippen molar-refractivity contribution in [3.8, 4) is 0 Å². The van der Waals surface area contributed by atoms with Crippen molar-refractivity contribution in [3.05, 3.63) is 0 Å². The molecule has 1 saturated heterocycles. The predicted octanol–water partition coefficient (Wildman–Crippen LogP) is -3.34. The Morgan fingerprint density at radius 2 is 1.52 bits per heavy atom. The maximum Gasteiger partial charge on any atom is 0.469 e. The van der Waals surface area contributed by atoms with Gasteiger partial charge in [-0.3, -0.25) is 9.32 Å². The van der Waals surface area contributed by atoms with Crippen LogP contribution in [0.5, 0.6) is 0 Å². The number of ether oxygens (including phenoxy) is 1. The number of phosphoric acid groups is 1. The second kappa shape index (κ2) is 10.3. The molecule has 0 bridgehead atoms. The normalized spacial score (nSPS) is 32.7. The molecule has 0 amide bonds. The van der Waals surface area contributed by atoms with Crippen LogP contribution in [0.1, 0.15) is 6.42 Å². The molecule has 0 saturated carbocycles. The van der Waals surface area contributed by atoms with E-state index >= 15 is 0 Å². The average molecular weight is 348 g/mol. The number of hydrogen-bond acceptors (Lipinski definition) is 7. The molecule has 6 N–H and O–H groups in total. The molecular formula is C8H15Na2O10P. The minimum Gasteiger partial charge on any atom is -0.481 e. The van der Waals surface area contributed by atoms with E-state index in [0.29, 0.717) is 0 Å². The number of carbonyl (C=O) groups is 1. The number of hydrogen-bond donors (Lipinski definition) is 6. The Hall–Kier alpha value is 1.42. The van der Waals surface area contributed by atoms with Crippen LogP contribution in [0.3, 0.4) is 0 Å². The van der Waals surface area contributed by atoms with Crippen molar-refractivity contribution >= 4 is 72.9 Å². The van der Waals surface area contributed by atoms with Gasteiger partial charge in [-0.2, -0.15) is 0 Å². The Morgan fingerprint density at radius 1 is 1.05 bits per heavy atom. The van der Waals surface area contributed by atoms with E-state index in [1.165, 1.54) is 0 Å². The van der Waals surface area contributed by atoms with E-state index in [4.69, 9.17) is 19.6 Å². The van der Waals surface area contributed by atoms with E-state index in [1.807, 2.05) is 0 Å². The topological polar surface area (TPSA) is 174 Å². The van der Waals surface area contributed by atoms with E-state index in [2.05, 4.69) is 4.52 Å². The predicted molar refractivity (Wildman–Crippen MR) is 68.4 cm³/mol. The Morgan fingerprint density at radius 3 is 1.95 bits per heavy atom. The molecule has 13 heteroatoms. The van der Waals surface area contributed by atoms with Crippen LogP contribution in [-0.4, -0.2) is 132 Å². The van der Waals surface area contributed by atoms with Crippen molar-refractivity contribution in [2.24, 2.45) is 0 Å². The molecule has 0 aromatic rings. The summed E-state index contributed by atoms with van der Waals surface area (Å²) in [5.41, 5.74) is 0. The fraction of sp³-hybridized carbons (Fsp3) is 0.875. The number of rotatable bonds is 5. The van der Waals surface area contributed by atoms with Crippen molar-refractivity contribution in [1.29, 1.82) is 0 Å². The number of phosphoric ester groups is 1. The number of carboxylic acid groups (broad SMARTS) is 1. The van der Waals surface area contributed by atoms with E-state index in [9.17, 15) is 24.7 Å². The van der Waals surface area contributed by atoms with Crippen LogP contribution in [0.25, 0.3) is 0 Å². The zero-order chi connectivity index (χ0) is 14.8. The molecule has 1 fully saturated rings. The molecule has 0 aromatic heterocycles. The molecule has 5 unspecified atom stereocenters. The van der Waals surface area contributed by atoms with Crippen LogP contribution >= 0.6 is 7.82 Å². The van der Waals surface area contributed by atoms with Gasteiger partial charge in [0.15, 0.2) is 0 Å². The van der Waals surface area contributed by atoms with Crippen LogP contribution in [0.2, 0.25) is 0 Å². The van der Waals surface area contributed by atoms with Gasteiger partial charge in [-0.05, 0) is 0 Å². The van der Waals surface area contributed by atoms with Crippen LogP contribution in [0.4, 0.5) is 0 Å². The van der Waals surface area contributed by atoms with Crippen molar-refractivity contribution in [2.45, 2.75) is 36.9 Å². The smallest absolute Gasteiger partial charge is 0.469 e. The van der Waals surface area contributed by atoms with E-state index in [-0.39, 0.29) is 59.1 Å². The van der Waals surface area contributed by atoms with Crippen molar-refractivity contribution in [3.63, 3.8) is 0 Å². The van der Waals surface area contributed by atoms with Gasteiger partial charge in [0.2, 0.25) is 0 Å². The molecule has 1 rings (SSSR count).